The van der Waals surface area contributed by atoms with E-state index >= 15 is 0 Å². The van der Waals surface area contributed by atoms with E-state index in [1.165, 1.54) is 70.6 Å². The molecular weight excluding hydrogens is 386 g/mol. The van der Waals surface area contributed by atoms with Gasteiger partial charge in [-0.05, 0) is 137 Å². The standard InChI is InChI=1S/C25H57N3OSi/c1-10-26(5)21-14-17-25(18-15-22-27(6)11-2,19-16-23-28(7)12-3)20-24-30(8,9)29-13-4/h10-24H2,1-9H3. The molecule has 0 aromatic rings. The topological polar surface area (TPSA) is 19.0 Å². The van der Waals surface area contributed by atoms with E-state index in [0.717, 1.165) is 26.2 Å². The van der Waals surface area contributed by atoms with E-state index in [-0.39, 0.29) is 0 Å². The highest BCUT2D eigenvalue weighted by molar-refractivity contribution is 6.71. The van der Waals surface area contributed by atoms with Crippen LogP contribution < -0.4 is 0 Å². The van der Waals surface area contributed by atoms with E-state index < -0.39 is 8.32 Å². The third kappa shape index (κ3) is 14.2. The van der Waals surface area contributed by atoms with Crippen LogP contribution in [0.15, 0.2) is 0 Å². The fraction of sp³-hybridized carbons (Fsp3) is 1.00. The van der Waals surface area contributed by atoms with Gasteiger partial charge in [-0.25, -0.2) is 0 Å². The van der Waals surface area contributed by atoms with Gasteiger partial charge in [0.25, 0.3) is 0 Å². The van der Waals surface area contributed by atoms with E-state index in [2.05, 4.69) is 76.6 Å². The largest absolute Gasteiger partial charge is 0.418 e. The van der Waals surface area contributed by atoms with Crippen molar-refractivity contribution in [2.45, 2.75) is 91.8 Å². The second-order valence-corrected chi connectivity index (χ2v) is 14.5. The Kier molecular flexibility index (Phi) is 16.7. The van der Waals surface area contributed by atoms with Crippen LogP contribution >= 0.6 is 0 Å². The highest BCUT2D eigenvalue weighted by atomic mass is 28.4. The first-order valence-corrected chi connectivity index (χ1v) is 15.9. The maximum atomic E-state index is 6.22. The second-order valence-electron chi connectivity index (χ2n) is 10.2. The molecule has 0 fully saturated rings. The molecule has 0 aromatic carbocycles. The lowest BCUT2D eigenvalue weighted by Gasteiger charge is -2.38. The summed E-state index contributed by atoms with van der Waals surface area (Å²) in [5, 5.41) is 0. The third-order valence-electron chi connectivity index (χ3n) is 7.15. The Morgan fingerprint density at radius 3 is 1.30 bits per heavy atom. The Morgan fingerprint density at radius 1 is 0.633 bits per heavy atom. The minimum atomic E-state index is -1.55. The van der Waals surface area contributed by atoms with Crippen LogP contribution in [0.2, 0.25) is 19.1 Å². The Morgan fingerprint density at radius 2 is 1.00 bits per heavy atom. The Bertz CT molecular complexity index is 365. The molecule has 0 atom stereocenters. The predicted molar refractivity (Wildman–Crippen MR) is 138 cm³/mol. The Labute approximate surface area is 191 Å². The molecule has 0 unspecified atom stereocenters. The first-order valence-electron chi connectivity index (χ1n) is 12.8. The van der Waals surface area contributed by atoms with Gasteiger partial charge in [0.2, 0.25) is 0 Å². The number of hydrogen-bond acceptors (Lipinski definition) is 4. The Hall–Kier alpha value is 0.0569. The van der Waals surface area contributed by atoms with Crippen LogP contribution in [0.4, 0.5) is 0 Å². The molecule has 0 aliphatic carbocycles. The van der Waals surface area contributed by atoms with Gasteiger partial charge in [0.1, 0.15) is 0 Å². The van der Waals surface area contributed by atoms with Gasteiger partial charge in [0, 0.05) is 6.61 Å². The summed E-state index contributed by atoms with van der Waals surface area (Å²) < 4.78 is 6.22. The lowest BCUT2D eigenvalue weighted by Crippen LogP contribution is -2.34. The maximum Gasteiger partial charge on any atom is 0.186 e. The van der Waals surface area contributed by atoms with Gasteiger partial charge < -0.3 is 19.1 Å². The smallest absolute Gasteiger partial charge is 0.186 e. The molecule has 0 bridgehead atoms. The van der Waals surface area contributed by atoms with Crippen LogP contribution in [0, 0.1) is 5.41 Å². The molecule has 182 valence electrons. The molecule has 0 heterocycles. The van der Waals surface area contributed by atoms with Gasteiger partial charge in [0.15, 0.2) is 8.32 Å². The van der Waals surface area contributed by atoms with E-state index in [4.69, 9.17) is 4.43 Å². The normalized spacial score (nSPS) is 13.2. The van der Waals surface area contributed by atoms with Crippen molar-refractivity contribution >= 4 is 8.32 Å². The van der Waals surface area contributed by atoms with Crippen LogP contribution in [0.5, 0.6) is 0 Å². The molecule has 30 heavy (non-hydrogen) atoms. The minimum Gasteiger partial charge on any atom is -0.418 e. The summed E-state index contributed by atoms with van der Waals surface area (Å²) in [6, 6.07) is 1.30. The lowest BCUT2D eigenvalue weighted by molar-refractivity contribution is 0.162. The van der Waals surface area contributed by atoms with Crippen molar-refractivity contribution in [2.24, 2.45) is 5.41 Å². The van der Waals surface area contributed by atoms with Crippen molar-refractivity contribution in [3.63, 3.8) is 0 Å². The quantitative estimate of drug-likeness (QED) is 0.221. The molecule has 0 rings (SSSR count). The summed E-state index contributed by atoms with van der Waals surface area (Å²) in [4.78, 5) is 7.41. The molecule has 0 amide bonds. The number of hydrogen-bond donors (Lipinski definition) is 0. The van der Waals surface area contributed by atoms with Crippen molar-refractivity contribution in [3.05, 3.63) is 0 Å². The highest BCUT2D eigenvalue weighted by Crippen LogP contribution is 2.41. The van der Waals surface area contributed by atoms with E-state index in [1.54, 1.807) is 0 Å². The summed E-state index contributed by atoms with van der Waals surface area (Å²) in [6.07, 6.45) is 9.46. The first kappa shape index (κ1) is 30.1. The average molecular weight is 444 g/mol. The summed E-state index contributed by atoms with van der Waals surface area (Å²) >= 11 is 0. The molecule has 0 N–H and O–H groups in total. The van der Waals surface area contributed by atoms with Crippen molar-refractivity contribution < 1.29 is 4.43 Å². The van der Waals surface area contributed by atoms with Crippen molar-refractivity contribution in [2.75, 3.05) is 67.0 Å². The summed E-state index contributed by atoms with van der Waals surface area (Å²) in [5.41, 5.74) is 0.485. The fourth-order valence-corrected chi connectivity index (χ4v) is 6.48. The molecule has 5 heteroatoms. The molecular formula is C25H57N3OSi. The molecule has 0 saturated heterocycles. The SMILES string of the molecule is CCO[Si](C)(C)CCC(CCCN(C)CC)(CCCN(C)CC)CCCN(C)CC. The maximum absolute atomic E-state index is 6.22. The molecule has 0 spiro atoms. The van der Waals surface area contributed by atoms with Crippen molar-refractivity contribution in [1.82, 2.24) is 14.7 Å². The van der Waals surface area contributed by atoms with Gasteiger partial charge in [0.05, 0.1) is 0 Å². The highest BCUT2D eigenvalue weighted by Gasteiger charge is 2.33. The molecule has 0 aromatic heterocycles. The minimum absolute atomic E-state index is 0.485. The summed E-state index contributed by atoms with van der Waals surface area (Å²) in [7, 11) is 5.24. The van der Waals surface area contributed by atoms with Crippen LogP contribution in [0.3, 0.4) is 0 Å². The zero-order valence-electron chi connectivity index (χ0n) is 22.4. The zero-order valence-corrected chi connectivity index (χ0v) is 23.4. The third-order valence-corrected chi connectivity index (χ3v) is 9.68. The lowest BCUT2D eigenvalue weighted by atomic mass is 9.73. The van der Waals surface area contributed by atoms with E-state index in [9.17, 15) is 0 Å². The van der Waals surface area contributed by atoms with Crippen LogP contribution in [-0.4, -0.2) is 90.0 Å². The van der Waals surface area contributed by atoms with Crippen molar-refractivity contribution in [3.8, 4) is 0 Å². The zero-order chi connectivity index (χ0) is 23.0. The van der Waals surface area contributed by atoms with Crippen LogP contribution in [-0.2, 0) is 4.43 Å². The van der Waals surface area contributed by atoms with Gasteiger partial charge in [-0.15, -0.1) is 0 Å². The first-order chi connectivity index (χ1) is 14.1. The average Bonchev–Trinajstić information content (AvgIpc) is 2.71. The van der Waals surface area contributed by atoms with Crippen LogP contribution in [0.1, 0.15) is 72.6 Å². The summed E-state index contributed by atoms with van der Waals surface area (Å²) in [5.74, 6) is 0. The molecule has 0 saturated carbocycles. The Balaban J connectivity index is 5.26. The van der Waals surface area contributed by atoms with Gasteiger partial charge in [-0.1, -0.05) is 20.8 Å². The molecule has 0 aliphatic heterocycles. The van der Waals surface area contributed by atoms with E-state index in [0.29, 0.717) is 5.41 Å². The second kappa shape index (κ2) is 16.7. The predicted octanol–water partition coefficient (Wildman–Crippen LogP) is 5.80. The fourth-order valence-electron chi connectivity index (χ4n) is 4.43. The monoisotopic (exact) mass is 443 g/mol. The summed E-state index contributed by atoms with van der Waals surface area (Å²) in [6.45, 7) is 21.8. The van der Waals surface area contributed by atoms with Gasteiger partial charge in [-0.3, -0.25) is 0 Å². The number of nitrogens with zero attached hydrogens (tertiary/aromatic N) is 3. The van der Waals surface area contributed by atoms with E-state index in [1.807, 2.05) is 0 Å². The molecule has 4 nitrogen and oxygen atoms in total. The molecule has 0 radical (unpaired) electrons. The van der Waals surface area contributed by atoms with Gasteiger partial charge in [-0.2, -0.15) is 0 Å². The molecule has 0 aliphatic rings. The van der Waals surface area contributed by atoms with Crippen molar-refractivity contribution in [1.29, 1.82) is 0 Å². The van der Waals surface area contributed by atoms with Gasteiger partial charge >= 0.3 is 0 Å². The van der Waals surface area contributed by atoms with Crippen LogP contribution in [0.25, 0.3) is 0 Å². The number of rotatable bonds is 20.